The Morgan fingerprint density at radius 3 is 3.00 bits per heavy atom. The van der Waals surface area contributed by atoms with Crippen molar-refractivity contribution in [1.82, 2.24) is 15.3 Å². The Bertz CT molecular complexity index is 773. The van der Waals surface area contributed by atoms with E-state index in [0.29, 0.717) is 24.6 Å². The van der Waals surface area contributed by atoms with Crippen LogP contribution in [-0.4, -0.2) is 53.8 Å². The van der Waals surface area contributed by atoms with Gasteiger partial charge in [0.25, 0.3) is 5.91 Å². The van der Waals surface area contributed by atoms with Crippen LogP contribution in [0.3, 0.4) is 0 Å². The van der Waals surface area contributed by atoms with Crippen molar-refractivity contribution in [3.05, 3.63) is 46.7 Å². The van der Waals surface area contributed by atoms with E-state index >= 15 is 0 Å². The zero-order valence-electron chi connectivity index (χ0n) is 15.1. The number of amides is 1. The molecular formula is C19H24BrN5O2. The van der Waals surface area contributed by atoms with Crippen molar-refractivity contribution in [2.45, 2.75) is 12.8 Å². The van der Waals surface area contributed by atoms with Crippen LogP contribution in [0.4, 0.5) is 11.6 Å². The summed E-state index contributed by atoms with van der Waals surface area (Å²) in [4.78, 5) is 22.9. The minimum absolute atomic E-state index is 0.107. The normalized spacial score (nSPS) is 16.8. The molecule has 0 spiro atoms. The van der Waals surface area contributed by atoms with Crippen LogP contribution in [0.15, 0.2) is 41.1 Å². The molecule has 1 atom stereocenters. The van der Waals surface area contributed by atoms with Crippen LogP contribution in [0, 0.1) is 5.92 Å². The van der Waals surface area contributed by atoms with Gasteiger partial charge in [-0.25, -0.2) is 9.97 Å². The fraction of sp³-hybridized carbons (Fsp3) is 0.421. The van der Waals surface area contributed by atoms with E-state index in [1.165, 1.54) is 0 Å². The highest BCUT2D eigenvalue weighted by Gasteiger charge is 2.20. The lowest BCUT2D eigenvalue weighted by Gasteiger charge is -2.32. The number of anilines is 2. The van der Waals surface area contributed by atoms with Gasteiger partial charge in [0.05, 0.1) is 0 Å². The Labute approximate surface area is 167 Å². The monoisotopic (exact) mass is 433 g/mol. The van der Waals surface area contributed by atoms with Gasteiger partial charge in [-0.15, -0.1) is 0 Å². The van der Waals surface area contributed by atoms with Gasteiger partial charge in [0.1, 0.15) is 18.0 Å². The molecule has 144 valence electrons. The van der Waals surface area contributed by atoms with Crippen LogP contribution in [0.25, 0.3) is 0 Å². The maximum atomic E-state index is 12.1. The third-order valence-electron chi connectivity index (χ3n) is 4.56. The molecule has 3 rings (SSSR count). The second-order valence-corrected chi connectivity index (χ2v) is 7.51. The van der Waals surface area contributed by atoms with Crippen LogP contribution in [0.5, 0.6) is 0 Å². The van der Waals surface area contributed by atoms with Crippen molar-refractivity contribution in [1.29, 1.82) is 0 Å². The number of carbonyl (C=O) groups excluding carboxylic acids is 1. The molecule has 1 fully saturated rings. The summed E-state index contributed by atoms with van der Waals surface area (Å²) in [5.41, 5.74) is 0.622. The smallest absolute Gasteiger partial charge is 0.251 e. The largest absolute Gasteiger partial charge is 0.396 e. The molecule has 3 N–H and O–H groups in total. The van der Waals surface area contributed by atoms with Gasteiger partial charge in [-0.1, -0.05) is 22.0 Å². The third kappa shape index (κ3) is 5.64. The van der Waals surface area contributed by atoms with Crippen LogP contribution in [-0.2, 0) is 0 Å². The van der Waals surface area contributed by atoms with E-state index in [1.807, 2.05) is 18.2 Å². The number of benzene rings is 1. The quantitative estimate of drug-likeness (QED) is 0.580. The SMILES string of the molecule is O=C(NCCNc1cc(N2CCCC(CO)C2)ncn1)c1cccc(Br)c1. The summed E-state index contributed by atoms with van der Waals surface area (Å²) in [5.74, 6) is 1.79. The minimum atomic E-state index is -0.107. The van der Waals surface area contributed by atoms with Gasteiger partial charge in [-0.05, 0) is 37.0 Å². The number of carbonyl (C=O) groups is 1. The van der Waals surface area contributed by atoms with E-state index in [1.54, 1.807) is 18.5 Å². The van der Waals surface area contributed by atoms with Crippen molar-refractivity contribution < 1.29 is 9.90 Å². The van der Waals surface area contributed by atoms with Crippen molar-refractivity contribution in [2.75, 3.05) is 43.0 Å². The number of aliphatic hydroxyl groups excluding tert-OH is 1. The molecular weight excluding hydrogens is 410 g/mol. The maximum Gasteiger partial charge on any atom is 0.251 e. The van der Waals surface area contributed by atoms with Gasteiger partial charge in [0.15, 0.2) is 0 Å². The van der Waals surface area contributed by atoms with E-state index in [0.717, 1.165) is 42.0 Å². The zero-order valence-corrected chi connectivity index (χ0v) is 16.7. The number of aliphatic hydroxyl groups is 1. The summed E-state index contributed by atoms with van der Waals surface area (Å²) in [6.45, 7) is 3.02. The number of hydrogen-bond acceptors (Lipinski definition) is 6. The summed E-state index contributed by atoms with van der Waals surface area (Å²) in [6.07, 6.45) is 3.65. The molecule has 2 heterocycles. The lowest BCUT2D eigenvalue weighted by atomic mass is 9.99. The first-order chi connectivity index (χ1) is 13.2. The summed E-state index contributed by atoms with van der Waals surface area (Å²) in [7, 11) is 0. The molecule has 1 aliphatic rings. The van der Waals surface area contributed by atoms with Crippen LogP contribution < -0.4 is 15.5 Å². The highest BCUT2D eigenvalue weighted by atomic mass is 79.9. The first-order valence-corrected chi connectivity index (χ1v) is 9.90. The fourth-order valence-electron chi connectivity index (χ4n) is 3.14. The first kappa shape index (κ1) is 19.6. The highest BCUT2D eigenvalue weighted by molar-refractivity contribution is 9.10. The lowest BCUT2D eigenvalue weighted by Crippen LogP contribution is -2.37. The summed E-state index contributed by atoms with van der Waals surface area (Å²) < 4.78 is 0.878. The lowest BCUT2D eigenvalue weighted by molar-refractivity contribution is 0.0955. The Morgan fingerprint density at radius 2 is 2.19 bits per heavy atom. The average molecular weight is 434 g/mol. The van der Waals surface area contributed by atoms with Gasteiger partial charge in [0.2, 0.25) is 0 Å². The number of halogens is 1. The minimum Gasteiger partial charge on any atom is -0.396 e. The molecule has 1 saturated heterocycles. The molecule has 1 amide bonds. The van der Waals surface area contributed by atoms with Gasteiger partial charge >= 0.3 is 0 Å². The van der Waals surface area contributed by atoms with Gasteiger partial charge < -0.3 is 20.6 Å². The van der Waals surface area contributed by atoms with E-state index in [-0.39, 0.29) is 12.5 Å². The second-order valence-electron chi connectivity index (χ2n) is 6.59. The predicted octanol–water partition coefficient (Wildman–Crippen LogP) is 2.29. The van der Waals surface area contributed by atoms with Gasteiger partial charge in [0, 0.05) is 48.9 Å². The van der Waals surface area contributed by atoms with Crippen molar-refractivity contribution in [3.8, 4) is 0 Å². The van der Waals surface area contributed by atoms with Gasteiger partial charge in [-0.2, -0.15) is 0 Å². The number of nitrogens with one attached hydrogen (secondary N) is 2. The van der Waals surface area contributed by atoms with E-state index in [4.69, 9.17) is 0 Å². The van der Waals surface area contributed by atoms with Crippen LogP contribution >= 0.6 is 15.9 Å². The van der Waals surface area contributed by atoms with Crippen LogP contribution in [0.1, 0.15) is 23.2 Å². The number of rotatable bonds is 7. The second kappa shape index (κ2) is 9.66. The molecule has 7 nitrogen and oxygen atoms in total. The Kier molecular flexibility index (Phi) is 7.00. The van der Waals surface area contributed by atoms with E-state index in [9.17, 15) is 9.90 Å². The number of piperidine rings is 1. The molecule has 1 aliphatic heterocycles. The fourth-order valence-corrected chi connectivity index (χ4v) is 3.54. The van der Waals surface area contributed by atoms with E-state index in [2.05, 4.69) is 41.4 Å². The predicted molar refractivity (Wildman–Crippen MR) is 109 cm³/mol. The Morgan fingerprint density at radius 1 is 1.30 bits per heavy atom. The molecule has 1 aromatic heterocycles. The van der Waals surface area contributed by atoms with Gasteiger partial charge in [-0.3, -0.25) is 4.79 Å². The maximum absolute atomic E-state index is 12.1. The number of nitrogens with zero attached hydrogens (tertiary/aromatic N) is 3. The molecule has 1 unspecified atom stereocenters. The van der Waals surface area contributed by atoms with Crippen molar-refractivity contribution >= 4 is 33.5 Å². The topological polar surface area (TPSA) is 90.4 Å². The first-order valence-electron chi connectivity index (χ1n) is 9.11. The molecule has 0 saturated carbocycles. The zero-order chi connectivity index (χ0) is 19.1. The number of hydrogen-bond donors (Lipinski definition) is 3. The van der Waals surface area contributed by atoms with Crippen LogP contribution in [0.2, 0.25) is 0 Å². The molecule has 0 aliphatic carbocycles. The van der Waals surface area contributed by atoms with E-state index < -0.39 is 0 Å². The molecule has 27 heavy (non-hydrogen) atoms. The average Bonchev–Trinajstić information content (AvgIpc) is 2.71. The molecule has 8 heteroatoms. The standard InChI is InChI=1S/C19H24BrN5O2/c20-16-5-1-4-15(9-16)19(27)22-7-6-21-17-10-18(24-13-23-17)25-8-2-3-14(11-25)12-26/h1,4-5,9-10,13-14,26H,2-3,6-8,11-12H2,(H,22,27)(H,21,23,24). The summed E-state index contributed by atoms with van der Waals surface area (Å²) in [6, 6.07) is 9.20. The molecule has 2 aromatic rings. The summed E-state index contributed by atoms with van der Waals surface area (Å²) >= 11 is 3.37. The number of aromatic nitrogens is 2. The van der Waals surface area contributed by atoms with Crippen molar-refractivity contribution in [3.63, 3.8) is 0 Å². The molecule has 1 aromatic carbocycles. The highest BCUT2D eigenvalue weighted by Crippen LogP contribution is 2.22. The van der Waals surface area contributed by atoms with Crippen molar-refractivity contribution in [2.24, 2.45) is 5.92 Å². The Balaban J connectivity index is 1.48. The molecule has 0 radical (unpaired) electrons. The Hall–Kier alpha value is -2.19. The third-order valence-corrected chi connectivity index (χ3v) is 5.05. The summed E-state index contributed by atoms with van der Waals surface area (Å²) in [5, 5.41) is 15.5. The molecule has 0 bridgehead atoms.